The van der Waals surface area contributed by atoms with E-state index in [1.165, 1.54) is 12.1 Å². The molecular weight excluding hydrogens is 336 g/mol. The summed E-state index contributed by atoms with van der Waals surface area (Å²) in [5, 5.41) is 3.24. The van der Waals surface area contributed by atoms with Gasteiger partial charge in [-0.05, 0) is 28.1 Å². The Bertz CT molecular complexity index is 478. The van der Waals surface area contributed by atoms with Crippen molar-refractivity contribution in [3.63, 3.8) is 0 Å². The molecule has 1 saturated heterocycles. The molecule has 1 aliphatic heterocycles. The quantitative estimate of drug-likeness (QED) is 0.847. The number of rotatable bonds is 4. The first-order chi connectivity index (χ1) is 9.08. The molecule has 1 aromatic carbocycles. The van der Waals surface area contributed by atoms with Crippen molar-refractivity contribution in [2.45, 2.75) is 18.9 Å². The number of Topliss-reactive ketones (excluding diaryl/α,β-unsaturated/α-hetero) is 1. The maximum Gasteiger partial charge on any atom is 0.143 e. The number of carbonyl (C=O) groups is 1. The van der Waals surface area contributed by atoms with E-state index in [-0.39, 0.29) is 28.3 Å². The SMILES string of the molecule is O=C(Cc1c(F)ccc(Br)c1F)CC1CSCCN1. The zero-order chi connectivity index (χ0) is 13.8. The van der Waals surface area contributed by atoms with Gasteiger partial charge >= 0.3 is 0 Å². The molecule has 0 aliphatic carbocycles. The number of halogens is 3. The highest BCUT2D eigenvalue weighted by atomic mass is 79.9. The van der Waals surface area contributed by atoms with E-state index in [0.717, 1.165) is 18.1 Å². The first-order valence-electron chi connectivity index (χ1n) is 6.03. The van der Waals surface area contributed by atoms with E-state index in [1.54, 1.807) is 11.8 Å². The monoisotopic (exact) mass is 349 g/mol. The third-order valence-corrected chi connectivity index (χ3v) is 4.73. The lowest BCUT2D eigenvalue weighted by atomic mass is 10.0. The van der Waals surface area contributed by atoms with Gasteiger partial charge in [-0.15, -0.1) is 0 Å². The van der Waals surface area contributed by atoms with Gasteiger partial charge in [-0.2, -0.15) is 11.8 Å². The van der Waals surface area contributed by atoms with Crippen molar-refractivity contribution in [1.82, 2.24) is 5.32 Å². The number of nitrogens with one attached hydrogen (secondary N) is 1. The van der Waals surface area contributed by atoms with E-state index in [1.807, 2.05) is 0 Å². The molecule has 1 fully saturated rings. The van der Waals surface area contributed by atoms with Crippen LogP contribution in [-0.4, -0.2) is 29.9 Å². The molecule has 104 valence electrons. The van der Waals surface area contributed by atoms with Crippen molar-refractivity contribution in [2.75, 3.05) is 18.1 Å². The lowest BCUT2D eigenvalue weighted by Gasteiger charge is -2.22. The van der Waals surface area contributed by atoms with Crippen molar-refractivity contribution in [1.29, 1.82) is 0 Å². The molecule has 2 nitrogen and oxygen atoms in total. The Hall–Kier alpha value is -0.460. The van der Waals surface area contributed by atoms with E-state index in [9.17, 15) is 13.6 Å². The van der Waals surface area contributed by atoms with E-state index in [4.69, 9.17) is 0 Å². The molecular formula is C13H14BrF2NOS. The Morgan fingerprint density at radius 2 is 2.26 bits per heavy atom. The fourth-order valence-electron chi connectivity index (χ4n) is 2.03. The maximum atomic E-state index is 13.7. The molecule has 6 heteroatoms. The molecule has 2 rings (SSSR count). The third-order valence-electron chi connectivity index (χ3n) is 2.99. The summed E-state index contributed by atoms with van der Waals surface area (Å²) < 4.78 is 27.5. The van der Waals surface area contributed by atoms with Crippen molar-refractivity contribution in [3.8, 4) is 0 Å². The van der Waals surface area contributed by atoms with Gasteiger partial charge < -0.3 is 5.32 Å². The highest BCUT2D eigenvalue weighted by Crippen LogP contribution is 2.23. The summed E-state index contributed by atoms with van der Waals surface area (Å²) in [5.74, 6) is 0.421. The number of ketones is 1. The van der Waals surface area contributed by atoms with Crippen LogP contribution in [0, 0.1) is 11.6 Å². The minimum Gasteiger partial charge on any atom is -0.312 e. The maximum absolute atomic E-state index is 13.7. The summed E-state index contributed by atoms with van der Waals surface area (Å²) in [6, 6.07) is 2.59. The summed E-state index contributed by atoms with van der Waals surface area (Å²) in [7, 11) is 0. The lowest BCUT2D eigenvalue weighted by molar-refractivity contribution is -0.118. The van der Waals surface area contributed by atoms with Crippen LogP contribution in [0.2, 0.25) is 0 Å². The fraction of sp³-hybridized carbons (Fsp3) is 0.462. The van der Waals surface area contributed by atoms with Crippen LogP contribution in [0.3, 0.4) is 0 Å². The summed E-state index contributed by atoms with van der Waals surface area (Å²) >= 11 is 4.79. The minimum absolute atomic E-state index is 0.115. The van der Waals surface area contributed by atoms with Crippen molar-refractivity contribution in [2.24, 2.45) is 0 Å². The second-order valence-electron chi connectivity index (χ2n) is 4.47. The molecule has 0 radical (unpaired) electrons. The Morgan fingerprint density at radius 1 is 1.47 bits per heavy atom. The van der Waals surface area contributed by atoms with Crippen LogP contribution in [0.5, 0.6) is 0 Å². The van der Waals surface area contributed by atoms with Crippen molar-refractivity contribution in [3.05, 3.63) is 33.8 Å². The number of hydrogen-bond donors (Lipinski definition) is 1. The highest BCUT2D eigenvalue weighted by molar-refractivity contribution is 9.10. The summed E-state index contributed by atoms with van der Waals surface area (Å²) in [6.45, 7) is 0.877. The van der Waals surface area contributed by atoms with Gasteiger partial charge in [0.1, 0.15) is 17.4 Å². The van der Waals surface area contributed by atoms with Crippen LogP contribution in [0.1, 0.15) is 12.0 Å². The zero-order valence-corrected chi connectivity index (χ0v) is 12.6. The number of thioether (sulfide) groups is 1. The number of carbonyl (C=O) groups excluding carboxylic acids is 1. The highest BCUT2D eigenvalue weighted by Gasteiger charge is 2.20. The largest absolute Gasteiger partial charge is 0.312 e. The molecule has 1 unspecified atom stereocenters. The van der Waals surface area contributed by atoms with Crippen LogP contribution in [0.25, 0.3) is 0 Å². The summed E-state index contributed by atoms with van der Waals surface area (Å²) in [6.07, 6.45) is 0.123. The van der Waals surface area contributed by atoms with Crippen molar-refractivity contribution < 1.29 is 13.6 Å². The average Bonchev–Trinajstić information content (AvgIpc) is 2.40. The van der Waals surface area contributed by atoms with Gasteiger partial charge in [-0.3, -0.25) is 4.79 Å². The van der Waals surface area contributed by atoms with Gasteiger partial charge in [0.05, 0.1) is 4.47 Å². The first-order valence-corrected chi connectivity index (χ1v) is 7.98. The molecule has 0 saturated carbocycles. The van der Waals surface area contributed by atoms with Crippen LogP contribution in [0.4, 0.5) is 8.78 Å². The normalized spacial score (nSPS) is 19.4. The molecule has 1 atom stereocenters. The summed E-state index contributed by atoms with van der Waals surface area (Å²) in [4.78, 5) is 11.9. The number of benzene rings is 1. The topological polar surface area (TPSA) is 29.1 Å². The lowest BCUT2D eigenvalue weighted by Crippen LogP contribution is -2.39. The second kappa shape index (κ2) is 6.81. The Kier molecular flexibility index (Phi) is 5.36. The molecule has 1 aromatic rings. The summed E-state index contributed by atoms with van der Waals surface area (Å²) in [5.41, 5.74) is -0.150. The second-order valence-corrected chi connectivity index (χ2v) is 6.47. The molecule has 1 N–H and O–H groups in total. The van der Waals surface area contributed by atoms with Gasteiger partial charge in [-0.25, -0.2) is 8.78 Å². The predicted molar refractivity (Wildman–Crippen MR) is 76.5 cm³/mol. The Morgan fingerprint density at radius 3 is 2.95 bits per heavy atom. The van der Waals surface area contributed by atoms with E-state index < -0.39 is 11.6 Å². The van der Waals surface area contributed by atoms with E-state index in [0.29, 0.717) is 6.42 Å². The van der Waals surface area contributed by atoms with Crippen LogP contribution in [0.15, 0.2) is 16.6 Å². The third kappa shape index (κ3) is 4.00. The van der Waals surface area contributed by atoms with Gasteiger partial charge in [0, 0.05) is 42.5 Å². The Balaban J connectivity index is 2.00. The molecule has 0 amide bonds. The fourth-order valence-corrected chi connectivity index (χ4v) is 3.35. The molecule has 0 spiro atoms. The predicted octanol–water partition coefficient (Wildman–Crippen LogP) is 2.93. The number of hydrogen-bond acceptors (Lipinski definition) is 3. The van der Waals surface area contributed by atoms with Crippen molar-refractivity contribution >= 4 is 33.5 Å². The zero-order valence-electron chi connectivity index (χ0n) is 10.2. The molecule has 1 aliphatic rings. The van der Waals surface area contributed by atoms with Gasteiger partial charge in [0.2, 0.25) is 0 Å². The smallest absolute Gasteiger partial charge is 0.143 e. The molecule has 19 heavy (non-hydrogen) atoms. The molecule has 0 bridgehead atoms. The van der Waals surface area contributed by atoms with Crippen LogP contribution < -0.4 is 5.32 Å². The van der Waals surface area contributed by atoms with Crippen LogP contribution in [-0.2, 0) is 11.2 Å². The first kappa shape index (κ1) is 14.9. The minimum atomic E-state index is -0.681. The van der Waals surface area contributed by atoms with Gasteiger partial charge in [0.15, 0.2) is 0 Å². The van der Waals surface area contributed by atoms with Crippen LogP contribution >= 0.6 is 27.7 Å². The molecule has 0 aromatic heterocycles. The van der Waals surface area contributed by atoms with E-state index >= 15 is 0 Å². The average molecular weight is 350 g/mol. The standard InChI is InChI=1S/C13H14BrF2NOS/c14-11-1-2-12(15)10(13(11)16)6-9(18)5-8-7-19-4-3-17-8/h1-2,8,17H,3-7H2. The van der Waals surface area contributed by atoms with Gasteiger partial charge in [0.25, 0.3) is 0 Å². The molecule has 1 heterocycles. The van der Waals surface area contributed by atoms with Gasteiger partial charge in [-0.1, -0.05) is 0 Å². The Labute approximate surface area is 123 Å². The van der Waals surface area contributed by atoms with E-state index in [2.05, 4.69) is 21.2 Å².